The summed E-state index contributed by atoms with van der Waals surface area (Å²) in [5, 5.41) is 3.30. The van der Waals surface area contributed by atoms with Gasteiger partial charge in [0.2, 0.25) is 0 Å². The van der Waals surface area contributed by atoms with Gasteiger partial charge in [-0.05, 0) is 43.9 Å². The fourth-order valence-electron chi connectivity index (χ4n) is 2.29. The summed E-state index contributed by atoms with van der Waals surface area (Å²) in [6.45, 7) is 0. The Bertz CT molecular complexity index is 440. The van der Waals surface area contributed by atoms with Gasteiger partial charge in [0.25, 0.3) is 0 Å². The van der Waals surface area contributed by atoms with E-state index < -0.39 is 11.7 Å². The Labute approximate surface area is 115 Å². The zero-order valence-electron chi connectivity index (χ0n) is 10.3. The minimum Gasteiger partial charge on any atom is -0.381 e. The Morgan fingerprint density at radius 1 is 1.16 bits per heavy atom. The van der Waals surface area contributed by atoms with Crippen molar-refractivity contribution >= 4 is 17.3 Å². The SMILES string of the molecule is NC1CCC(Nc2ccc(C(F)(F)F)cc2Cl)CC1. The minimum absolute atomic E-state index is 0.102. The molecule has 6 heteroatoms. The summed E-state index contributed by atoms with van der Waals surface area (Å²) in [6, 6.07) is 3.86. The molecule has 1 aromatic carbocycles. The van der Waals surface area contributed by atoms with Crippen molar-refractivity contribution in [3.8, 4) is 0 Å². The Balaban J connectivity index is 2.05. The highest BCUT2D eigenvalue weighted by molar-refractivity contribution is 6.33. The lowest BCUT2D eigenvalue weighted by Gasteiger charge is -2.28. The molecule has 2 nitrogen and oxygen atoms in total. The van der Waals surface area contributed by atoms with Crippen LogP contribution in [0.3, 0.4) is 0 Å². The van der Waals surface area contributed by atoms with E-state index in [2.05, 4.69) is 5.32 Å². The van der Waals surface area contributed by atoms with Gasteiger partial charge in [-0.25, -0.2) is 0 Å². The molecule has 1 fully saturated rings. The number of alkyl halides is 3. The van der Waals surface area contributed by atoms with Crippen LogP contribution < -0.4 is 11.1 Å². The first-order chi connectivity index (χ1) is 8.86. The molecule has 1 saturated carbocycles. The number of nitrogens with two attached hydrogens (primary N) is 1. The Kier molecular flexibility index (Phi) is 4.26. The van der Waals surface area contributed by atoms with Gasteiger partial charge in [0.05, 0.1) is 16.3 Å². The zero-order chi connectivity index (χ0) is 14.0. The van der Waals surface area contributed by atoms with E-state index >= 15 is 0 Å². The van der Waals surface area contributed by atoms with E-state index in [0.717, 1.165) is 37.8 Å². The molecule has 1 aliphatic rings. The van der Waals surface area contributed by atoms with Crippen molar-refractivity contribution in [2.45, 2.75) is 43.9 Å². The standard InChI is InChI=1S/C13H16ClF3N2/c14-11-7-8(13(15,16)17)1-6-12(11)19-10-4-2-9(18)3-5-10/h1,6-7,9-10,19H,2-5,18H2. The van der Waals surface area contributed by atoms with Crippen LogP contribution in [0.4, 0.5) is 18.9 Å². The van der Waals surface area contributed by atoms with Gasteiger partial charge in [-0.15, -0.1) is 0 Å². The van der Waals surface area contributed by atoms with Crippen LogP contribution in [0.15, 0.2) is 18.2 Å². The maximum absolute atomic E-state index is 12.5. The molecule has 0 saturated heterocycles. The average molecular weight is 293 g/mol. The number of anilines is 1. The van der Waals surface area contributed by atoms with Gasteiger partial charge < -0.3 is 11.1 Å². The first-order valence-corrected chi connectivity index (χ1v) is 6.63. The third-order valence-corrected chi connectivity index (χ3v) is 3.74. The summed E-state index contributed by atoms with van der Waals surface area (Å²) >= 11 is 5.90. The van der Waals surface area contributed by atoms with Crippen LogP contribution in [0, 0.1) is 0 Å². The first-order valence-electron chi connectivity index (χ1n) is 6.25. The van der Waals surface area contributed by atoms with E-state index in [1.165, 1.54) is 6.07 Å². The summed E-state index contributed by atoms with van der Waals surface area (Å²) < 4.78 is 37.5. The van der Waals surface area contributed by atoms with E-state index in [0.29, 0.717) is 5.69 Å². The Hall–Kier alpha value is -0.940. The molecule has 106 valence electrons. The summed E-state index contributed by atoms with van der Waals surface area (Å²) in [5.74, 6) is 0. The second kappa shape index (κ2) is 5.59. The number of hydrogen-bond acceptors (Lipinski definition) is 2. The molecule has 0 amide bonds. The van der Waals surface area contributed by atoms with Gasteiger partial charge >= 0.3 is 6.18 Å². The van der Waals surface area contributed by atoms with Crippen molar-refractivity contribution in [1.82, 2.24) is 0 Å². The third kappa shape index (κ3) is 3.76. The summed E-state index contributed by atoms with van der Waals surface area (Å²) in [7, 11) is 0. The predicted molar refractivity (Wildman–Crippen MR) is 70.3 cm³/mol. The smallest absolute Gasteiger partial charge is 0.381 e. The molecule has 0 heterocycles. The summed E-state index contributed by atoms with van der Waals surface area (Å²) in [4.78, 5) is 0. The summed E-state index contributed by atoms with van der Waals surface area (Å²) in [5.41, 5.74) is 5.63. The fraction of sp³-hybridized carbons (Fsp3) is 0.538. The number of benzene rings is 1. The van der Waals surface area contributed by atoms with Gasteiger partial charge in [-0.2, -0.15) is 13.2 Å². The average Bonchev–Trinajstić information content (AvgIpc) is 2.33. The molecule has 0 atom stereocenters. The molecular weight excluding hydrogens is 277 g/mol. The van der Waals surface area contributed by atoms with E-state index in [1.54, 1.807) is 0 Å². The highest BCUT2D eigenvalue weighted by atomic mass is 35.5. The third-order valence-electron chi connectivity index (χ3n) is 3.43. The van der Waals surface area contributed by atoms with Crippen molar-refractivity contribution in [2.75, 3.05) is 5.32 Å². The number of halogens is 4. The van der Waals surface area contributed by atoms with E-state index in [1.807, 2.05) is 0 Å². The second-order valence-electron chi connectivity index (χ2n) is 4.95. The van der Waals surface area contributed by atoms with Crippen molar-refractivity contribution in [1.29, 1.82) is 0 Å². The predicted octanol–water partition coefficient (Wildman–Crippen LogP) is 4.04. The van der Waals surface area contributed by atoms with Crippen molar-refractivity contribution in [3.63, 3.8) is 0 Å². The lowest BCUT2D eigenvalue weighted by molar-refractivity contribution is -0.137. The van der Waals surface area contributed by atoms with Gasteiger partial charge in [0, 0.05) is 12.1 Å². The molecule has 3 N–H and O–H groups in total. The lowest BCUT2D eigenvalue weighted by atomic mass is 9.91. The van der Waals surface area contributed by atoms with Crippen LogP contribution in [-0.2, 0) is 6.18 Å². The molecule has 0 aliphatic heterocycles. The number of hydrogen-bond donors (Lipinski definition) is 2. The fourth-order valence-corrected chi connectivity index (χ4v) is 2.53. The normalized spacial score (nSPS) is 24.3. The lowest BCUT2D eigenvalue weighted by Crippen LogP contribution is -2.32. The van der Waals surface area contributed by atoms with Gasteiger partial charge in [-0.1, -0.05) is 11.6 Å². The molecule has 0 bridgehead atoms. The van der Waals surface area contributed by atoms with Crippen molar-refractivity contribution in [3.05, 3.63) is 28.8 Å². The summed E-state index contributed by atoms with van der Waals surface area (Å²) in [6.07, 6.45) is -0.678. The van der Waals surface area contributed by atoms with Crippen LogP contribution in [-0.4, -0.2) is 12.1 Å². The molecule has 0 unspecified atom stereocenters. The minimum atomic E-state index is -4.36. The molecular formula is C13H16ClF3N2. The Morgan fingerprint density at radius 2 is 1.79 bits per heavy atom. The molecule has 0 radical (unpaired) electrons. The second-order valence-corrected chi connectivity index (χ2v) is 5.36. The molecule has 1 aliphatic carbocycles. The quantitative estimate of drug-likeness (QED) is 0.863. The highest BCUT2D eigenvalue weighted by Gasteiger charge is 2.31. The maximum atomic E-state index is 12.5. The molecule has 19 heavy (non-hydrogen) atoms. The Morgan fingerprint density at radius 3 is 2.32 bits per heavy atom. The number of rotatable bonds is 2. The van der Waals surface area contributed by atoms with E-state index in [4.69, 9.17) is 17.3 Å². The van der Waals surface area contributed by atoms with Crippen molar-refractivity contribution in [2.24, 2.45) is 5.73 Å². The van der Waals surface area contributed by atoms with Crippen LogP contribution in [0.25, 0.3) is 0 Å². The molecule has 0 spiro atoms. The van der Waals surface area contributed by atoms with Gasteiger partial charge in [0.15, 0.2) is 0 Å². The van der Waals surface area contributed by atoms with Gasteiger partial charge in [-0.3, -0.25) is 0 Å². The molecule has 2 rings (SSSR count). The van der Waals surface area contributed by atoms with Crippen LogP contribution in [0.1, 0.15) is 31.2 Å². The van der Waals surface area contributed by atoms with Crippen LogP contribution in [0.2, 0.25) is 5.02 Å². The zero-order valence-corrected chi connectivity index (χ0v) is 11.1. The van der Waals surface area contributed by atoms with Crippen LogP contribution in [0.5, 0.6) is 0 Å². The van der Waals surface area contributed by atoms with E-state index in [-0.39, 0.29) is 17.1 Å². The maximum Gasteiger partial charge on any atom is 0.416 e. The highest BCUT2D eigenvalue weighted by Crippen LogP contribution is 2.34. The van der Waals surface area contributed by atoms with Crippen LogP contribution >= 0.6 is 11.6 Å². The first kappa shape index (κ1) is 14.5. The largest absolute Gasteiger partial charge is 0.416 e. The monoisotopic (exact) mass is 292 g/mol. The number of nitrogens with one attached hydrogen (secondary N) is 1. The van der Waals surface area contributed by atoms with E-state index in [9.17, 15) is 13.2 Å². The molecule has 0 aromatic heterocycles. The molecule has 1 aromatic rings. The van der Waals surface area contributed by atoms with Crippen molar-refractivity contribution < 1.29 is 13.2 Å². The van der Waals surface area contributed by atoms with Gasteiger partial charge in [0.1, 0.15) is 0 Å². The topological polar surface area (TPSA) is 38.0 Å².